The number of phenolic OH excluding ortho intramolecular Hbond substituents is 1. The van der Waals surface area contributed by atoms with Crippen molar-refractivity contribution in [2.45, 2.75) is 6.92 Å². The molecule has 0 saturated heterocycles. The van der Waals surface area contributed by atoms with Gasteiger partial charge in [-0.3, -0.25) is 5.10 Å². The van der Waals surface area contributed by atoms with Crippen molar-refractivity contribution < 1.29 is 9.84 Å². The first-order valence-corrected chi connectivity index (χ1v) is 4.82. The number of hydrogen-bond donors (Lipinski definition) is 3. The van der Waals surface area contributed by atoms with Crippen LogP contribution in [0.15, 0.2) is 18.2 Å². The van der Waals surface area contributed by atoms with Crippen molar-refractivity contribution in [2.24, 2.45) is 0 Å². The van der Waals surface area contributed by atoms with Crippen molar-refractivity contribution in [1.82, 2.24) is 10.2 Å². The number of phenols is 1. The number of nitrogens with one attached hydrogen (secondary N) is 1. The number of aromatic hydroxyl groups is 1. The molecule has 0 aliphatic carbocycles. The normalized spacial score (nSPS) is 10.4. The number of aryl methyl sites for hydroxylation is 1. The SMILES string of the molecule is COc1cccc(O)c1-c1n[nH]c(C)c1N. The van der Waals surface area contributed by atoms with Gasteiger partial charge in [-0.05, 0) is 19.1 Å². The number of ether oxygens (including phenoxy) is 1. The summed E-state index contributed by atoms with van der Waals surface area (Å²) in [5, 5.41) is 16.7. The van der Waals surface area contributed by atoms with Gasteiger partial charge < -0.3 is 15.6 Å². The van der Waals surface area contributed by atoms with E-state index in [0.717, 1.165) is 5.69 Å². The summed E-state index contributed by atoms with van der Waals surface area (Å²) in [6, 6.07) is 5.02. The van der Waals surface area contributed by atoms with E-state index in [1.807, 2.05) is 6.92 Å². The third-order valence-corrected chi connectivity index (χ3v) is 2.46. The number of methoxy groups -OCH3 is 1. The zero-order valence-corrected chi connectivity index (χ0v) is 9.11. The number of H-pyrrole nitrogens is 1. The van der Waals surface area contributed by atoms with Gasteiger partial charge in [0.15, 0.2) is 0 Å². The minimum Gasteiger partial charge on any atom is -0.507 e. The third-order valence-electron chi connectivity index (χ3n) is 2.46. The minimum absolute atomic E-state index is 0.0950. The smallest absolute Gasteiger partial charge is 0.132 e. The van der Waals surface area contributed by atoms with E-state index >= 15 is 0 Å². The van der Waals surface area contributed by atoms with E-state index in [0.29, 0.717) is 22.7 Å². The largest absolute Gasteiger partial charge is 0.507 e. The first-order valence-electron chi connectivity index (χ1n) is 4.82. The van der Waals surface area contributed by atoms with Gasteiger partial charge in [-0.1, -0.05) is 6.07 Å². The van der Waals surface area contributed by atoms with E-state index in [-0.39, 0.29) is 5.75 Å². The first-order chi connectivity index (χ1) is 7.65. The number of benzene rings is 1. The summed E-state index contributed by atoms with van der Waals surface area (Å²) in [4.78, 5) is 0. The van der Waals surface area contributed by atoms with Gasteiger partial charge in [-0.25, -0.2) is 0 Å². The second-order valence-electron chi connectivity index (χ2n) is 3.47. The maximum Gasteiger partial charge on any atom is 0.132 e. The molecule has 2 aromatic rings. The molecule has 0 aliphatic heterocycles. The molecular formula is C11H13N3O2. The number of nitrogens with two attached hydrogens (primary N) is 1. The first kappa shape index (κ1) is 10.4. The van der Waals surface area contributed by atoms with Crippen LogP contribution in [0.5, 0.6) is 11.5 Å². The van der Waals surface area contributed by atoms with Crippen LogP contribution in [0.25, 0.3) is 11.3 Å². The number of nitrogen functional groups attached to an aromatic ring is 1. The van der Waals surface area contributed by atoms with Crippen LogP contribution in [0.3, 0.4) is 0 Å². The monoisotopic (exact) mass is 219 g/mol. The lowest BCUT2D eigenvalue weighted by molar-refractivity contribution is 0.410. The van der Waals surface area contributed by atoms with Crippen LogP contribution in [0.4, 0.5) is 5.69 Å². The van der Waals surface area contributed by atoms with Crippen LogP contribution >= 0.6 is 0 Å². The molecular weight excluding hydrogens is 206 g/mol. The Bertz CT molecular complexity index is 520. The molecule has 1 aromatic carbocycles. The van der Waals surface area contributed by atoms with Gasteiger partial charge in [0, 0.05) is 0 Å². The molecule has 2 rings (SSSR count). The fourth-order valence-electron chi connectivity index (χ4n) is 1.56. The molecule has 5 heteroatoms. The van der Waals surface area contributed by atoms with E-state index in [2.05, 4.69) is 10.2 Å². The molecule has 84 valence electrons. The second kappa shape index (κ2) is 3.77. The van der Waals surface area contributed by atoms with E-state index in [1.54, 1.807) is 18.2 Å². The number of rotatable bonds is 2. The molecule has 0 unspecified atom stereocenters. The molecule has 0 atom stereocenters. The number of aromatic nitrogens is 2. The molecule has 0 radical (unpaired) electrons. The van der Waals surface area contributed by atoms with Gasteiger partial charge in [0.05, 0.1) is 24.1 Å². The van der Waals surface area contributed by atoms with Crippen LogP contribution in [-0.4, -0.2) is 22.4 Å². The van der Waals surface area contributed by atoms with Crippen molar-refractivity contribution in [3.8, 4) is 22.8 Å². The van der Waals surface area contributed by atoms with Gasteiger partial charge in [-0.15, -0.1) is 0 Å². The van der Waals surface area contributed by atoms with Gasteiger partial charge >= 0.3 is 0 Å². The van der Waals surface area contributed by atoms with Crippen LogP contribution in [-0.2, 0) is 0 Å². The maximum atomic E-state index is 9.82. The summed E-state index contributed by atoms with van der Waals surface area (Å²) in [5.41, 5.74) is 8.16. The number of anilines is 1. The molecule has 0 saturated carbocycles. The standard InChI is InChI=1S/C11H13N3O2/c1-6-10(12)11(14-13-6)9-7(15)4-3-5-8(9)16-2/h3-5,15H,12H2,1-2H3,(H,13,14). The van der Waals surface area contributed by atoms with E-state index < -0.39 is 0 Å². The predicted molar refractivity (Wildman–Crippen MR) is 61.4 cm³/mol. The van der Waals surface area contributed by atoms with Crippen molar-refractivity contribution in [3.05, 3.63) is 23.9 Å². The highest BCUT2D eigenvalue weighted by Gasteiger charge is 2.17. The molecule has 1 aromatic heterocycles. The predicted octanol–water partition coefficient (Wildman–Crippen LogP) is 1.68. The van der Waals surface area contributed by atoms with E-state index in [4.69, 9.17) is 10.5 Å². The van der Waals surface area contributed by atoms with Crippen LogP contribution < -0.4 is 10.5 Å². The van der Waals surface area contributed by atoms with Gasteiger partial charge in [0.1, 0.15) is 17.2 Å². The summed E-state index contributed by atoms with van der Waals surface area (Å²) in [6.07, 6.45) is 0. The third kappa shape index (κ3) is 1.46. The van der Waals surface area contributed by atoms with E-state index in [1.165, 1.54) is 7.11 Å². The van der Waals surface area contributed by atoms with Crippen molar-refractivity contribution in [2.75, 3.05) is 12.8 Å². The van der Waals surface area contributed by atoms with Crippen molar-refractivity contribution in [3.63, 3.8) is 0 Å². The Hall–Kier alpha value is -2.17. The average Bonchev–Trinajstić information content (AvgIpc) is 2.60. The van der Waals surface area contributed by atoms with Gasteiger partial charge in [0.25, 0.3) is 0 Å². The highest BCUT2D eigenvalue weighted by atomic mass is 16.5. The molecule has 16 heavy (non-hydrogen) atoms. The van der Waals surface area contributed by atoms with Crippen molar-refractivity contribution >= 4 is 5.69 Å². The minimum atomic E-state index is 0.0950. The van der Waals surface area contributed by atoms with Crippen LogP contribution in [0.2, 0.25) is 0 Å². The molecule has 1 heterocycles. The summed E-state index contributed by atoms with van der Waals surface area (Å²) >= 11 is 0. The second-order valence-corrected chi connectivity index (χ2v) is 3.47. The molecule has 5 nitrogen and oxygen atoms in total. The molecule has 0 aliphatic rings. The molecule has 4 N–H and O–H groups in total. The summed E-state index contributed by atoms with van der Waals surface area (Å²) < 4.78 is 5.18. The molecule has 0 amide bonds. The van der Waals surface area contributed by atoms with Gasteiger partial charge in [-0.2, -0.15) is 5.10 Å². The number of nitrogens with zero attached hydrogens (tertiary/aromatic N) is 1. The fraction of sp³-hybridized carbons (Fsp3) is 0.182. The number of aromatic amines is 1. The maximum absolute atomic E-state index is 9.82. The Kier molecular flexibility index (Phi) is 2.44. The topological polar surface area (TPSA) is 84.2 Å². The fourth-order valence-corrected chi connectivity index (χ4v) is 1.56. The lowest BCUT2D eigenvalue weighted by atomic mass is 10.1. The summed E-state index contributed by atoms with van der Waals surface area (Å²) in [7, 11) is 1.54. The number of hydrogen-bond acceptors (Lipinski definition) is 4. The lowest BCUT2D eigenvalue weighted by Gasteiger charge is -2.08. The Balaban J connectivity index is 2.68. The van der Waals surface area contributed by atoms with Crippen LogP contribution in [0, 0.1) is 6.92 Å². The zero-order chi connectivity index (χ0) is 11.7. The summed E-state index contributed by atoms with van der Waals surface area (Å²) in [5.74, 6) is 0.635. The Labute approximate surface area is 92.9 Å². The molecule has 0 bridgehead atoms. The highest BCUT2D eigenvalue weighted by molar-refractivity contribution is 5.82. The zero-order valence-electron chi connectivity index (χ0n) is 9.11. The van der Waals surface area contributed by atoms with Gasteiger partial charge in [0.2, 0.25) is 0 Å². The Morgan fingerprint density at radius 2 is 2.19 bits per heavy atom. The Morgan fingerprint density at radius 1 is 1.44 bits per heavy atom. The average molecular weight is 219 g/mol. The molecule has 0 fully saturated rings. The van der Waals surface area contributed by atoms with Crippen LogP contribution in [0.1, 0.15) is 5.69 Å². The summed E-state index contributed by atoms with van der Waals surface area (Å²) in [6.45, 7) is 1.82. The quantitative estimate of drug-likeness (QED) is 0.717. The highest BCUT2D eigenvalue weighted by Crippen LogP contribution is 2.39. The van der Waals surface area contributed by atoms with E-state index in [9.17, 15) is 5.11 Å². The Morgan fingerprint density at radius 3 is 2.75 bits per heavy atom. The van der Waals surface area contributed by atoms with Crippen molar-refractivity contribution in [1.29, 1.82) is 0 Å². The lowest BCUT2D eigenvalue weighted by Crippen LogP contribution is -1.92. The molecule has 0 spiro atoms.